The minimum absolute atomic E-state index is 0.148. The Balaban J connectivity index is 1.93. The molecule has 1 aromatic rings. The Morgan fingerprint density at radius 2 is 2.31 bits per heavy atom. The quantitative estimate of drug-likeness (QED) is 0.730. The summed E-state index contributed by atoms with van der Waals surface area (Å²) in [5.41, 5.74) is 0.411. The van der Waals surface area contributed by atoms with E-state index in [-0.39, 0.29) is 6.61 Å². The molecule has 1 spiro atoms. The topological polar surface area (TPSA) is 18.5 Å². The predicted molar refractivity (Wildman–Crippen MR) is 61.5 cm³/mol. The van der Waals surface area contributed by atoms with Crippen molar-refractivity contribution < 1.29 is 13.9 Å². The molecule has 0 saturated carbocycles. The maximum Gasteiger partial charge on any atom is 0.163 e. The summed E-state index contributed by atoms with van der Waals surface area (Å²) in [5.74, 6) is 0.805. The second-order valence-electron chi connectivity index (χ2n) is 4.39. The van der Waals surface area contributed by atoms with Gasteiger partial charge in [-0.05, 0) is 17.7 Å². The summed E-state index contributed by atoms with van der Waals surface area (Å²) in [7, 11) is 0. The number of fused-ring (bicyclic) bond motifs is 1. The van der Waals surface area contributed by atoms with Crippen LogP contribution in [0.4, 0.5) is 4.39 Å². The molecule has 2 atom stereocenters. The van der Waals surface area contributed by atoms with Crippen LogP contribution in [0.2, 0.25) is 0 Å². The molecule has 0 amide bonds. The monoisotopic (exact) mass is 286 g/mol. The Kier molecular flexibility index (Phi) is 2.44. The third-order valence-electron chi connectivity index (χ3n) is 3.34. The van der Waals surface area contributed by atoms with E-state index in [4.69, 9.17) is 9.47 Å². The average Bonchev–Trinajstić information content (AvgIpc) is 2.61. The zero-order valence-electron chi connectivity index (χ0n) is 8.71. The van der Waals surface area contributed by atoms with Gasteiger partial charge in [0.15, 0.2) is 6.17 Å². The summed E-state index contributed by atoms with van der Waals surface area (Å²) < 4.78 is 25.9. The van der Waals surface area contributed by atoms with Crippen molar-refractivity contribution in [3.05, 3.63) is 28.2 Å². The van der Waals surface area contributed by atoms with Crippen molar-refractivity contribution in [2.75, 3.05) is 13.2 Å². The number of hydrogen-bond acceptors (Lipinski definition) is 2. The van der Waals surface area contributed by atoms with E-state index in [1.807, 2.05) is 18.2 Å². The highest BCUT2D eigenvalue weighted by Crippen LogP contribution is 2.42. The molecule has 86 valence electrons. The van der Waals surface area contributed by atoms with E-state index in [0.717, 1.165) is 15.8 Å². The van der Waals surface area contributed by atoms with Gasteiger partial charge >= 0.3 is 0 Å². The normalized spacial score (nSPS) is 32.5. The maximum atomic E-state index is 13.9. The van der Waals surface area contributed by atoms with Crippen LogP contribution >= 0.6 is 15.9 Å². The highest BCUT2D eigenvalue weighted by Gasteiger charge is 2.48. The first-order chi connectivity index (χ1) is 7.70. The fourth-order valence-electron chi connectivity index (χ4n) is 2.40. The van der Waals surface area contributed by atoms with Crippen molar-refractivity contribution in [3.8, 4) is 5.75 Å². The van der Waals surface area contributed by atoms with E-state index >= 15 is 0 Å². The molecule has 4 heteroatoms. The fourth-order valence-corrected chi connectivity index (χ4v) is 2.74. The summed E-state index contributed by atoms with van der Waals surface area (Å²) in [6.07, 6.45) is 0.244. The van der Waals surface area contributed by atoms with Crippen molar-refractivity contribution in [2.45, 2.75) is 24.6 Å². The van der Waals surface area contributed by atoms with Crippen LogP contribution < -0.4 is 4.74 Å². The van der Waals surface area contributed by atoms with E-state index < -0.39 is 11.8 Å². The van der Waals surface area contributed by atoms with Crippen LogP contribution in [0.1, 0.15) is 12.0 Å². The van der Waals surface area contributed by atoms with Gasteiger partial charge in [-0.2, -0.15) is 0 Å². The number of alkyl halides is 1. The lowest BCUT2D eigenvalue weighted by Crippen LogP contribution is -2.50. The molecule has 0 N–H and O–H groups in total. The van der Waals surface area contributed by atoms with E-state index in [1.54, 1.807) is 0 Å². The smallest absolute Gasteiger partial charge is 0.163 e. The molecule has 3 rings (SSSR count). The minimum Gasteiger partial charge on any atom is -0.483 e. The second-order valence-corrected chi connectivity index (χ2v) is 5.30. The molecule has 1 aromatic carbocycles. The van der Waals surface area contributed by atoms with Gasteiger partial charge in [0, 0.05) is 17.3 Å². The Hall–Kier alpha value is -0.610. The van der Waals surface area contributed by atoms with Gasteiger partial charge < -0.3 is 9.47 Å². The third kappa shape index (κ3) is 1.55. The van der Waals surface area contributed by atoms with Crippen LogP contribution in [0.15, 0.2) is 22.7 Å². The molecule has 0 aromatic heterocycles. The summed E-state index contributed by atoms with van der Waals surface area (Å²) in [6, 6.07) is 5.87. The lowest BCUT2D eigenvalue weighted by molar-refractivity contribution is -0.0954. The third-order valence-corrected chi connectivity index (χ3v) is 3.83. The number of ether oxygens (including phenoxy) is 2. The van der Waals surface area contributed by atoms with E-state index in [9.17, 15) is 4.39 Å². The van der Waals surface area contributed by atoms with Crippen molar-refractivity contribution in [1.82, 2.24) is 0 Å². The molecule has 2 aliphatic heterocycles. The number of benzene rings is 1. The van der Waals surface area contributed by atoms with Gasteiger partial charge in [0.25, 0.3) is 0 Å². The van der Waals surface area contributed by atoms with Crippen LogP contribution in [0, 0.1) is 0 Å². The molecule has 2 unspecified atom stereocenters. The van der Waals surface area contributed by atoms with Gasteiger partial charge in [-0.3, -0.25) is 0 Å². The molecule has 0 bridgehead atoms. The first-order valence-electron chi connectivity index (χ1n) is 5.39. The van der Waals surface area contributed by atoms with Crippen LogP contribution in [-0.4, -0.2) is 25.0 Å². The lowest BCUT2D eigenvalue weighted by atomic mass is 9.88. The Labute approximate surface area is 102 Å². The molecule has 2 heterocycles. The standard InChI is InChI=1S/C12H12BrFO2/c13-9-2-1-8-6-12(16-10(8)5-9)3-4-15-7-11(12)14/h1-2,5,11H,3-4,6-7H2. The molecule has 16 heavy (non-hydrogen) atoms. The Morgan fingerprint density at radius 1 is 1.44 bits per heavy atom. The molecule has 1 saturated heterocycles. The van der Waals surface area contributed by atoms with Crippen LogP contribution in [-0.2, 0) is 11.2 Å². The lowest BCUT2D eigenvalue weighted by Gasteiger charge is -2.35. The van der Waals surface area contributed by atoms with Crippen LogP contribution in [0.3, 0.4) is 0 Å². The van der Waals surface area contributed by atoms with E-state index in [2.05, 4.69) is 15.9 Å². The first-order valence-corrected chi connectivity index (χ1v) is 6.18. The largest absolute Gasteiger partial charge is 0.483 e. The SMILES string of the molecule is FC1COCCC12Cc1ccc(Br)cc1O2. The minimum atomic E-state index is -1.03. The molecule has 1 fully saturated rings. The molecule has 2 aliphatic rings. The molecule has 0 radical (unpaired) electrons. The number of halogens is 2. The molecular weight excluding hydrogens is 275 g/mol. The highest BCUT2D eigenvalue weighted by molar-refractivity contribution is 9.10. The van der Waals surface area contributed by atoms with Crippen molar-refractivity contribution in [2.24, 2.45) is 0 Å². The summed E-state index contributed by atoms with van der Waals surface area (Å²) in [5, 5.41) is 0. The average molecular weight is 287 g/mol. The zero-order chi connectivity index (χ0) is 11.2. The van der Waals surface area contributed by atoms with E-state index in [0.29, 0.717) is 19.4 Å². The van der Waals surface area contributed by atoms with Crippen molar-refractivity contribution in [3.63, 3.8) is 0 Å². The van der Waals surface area contributed by atoms with Gasteiger partial charge in [0.1, 0.15) is 11.4 Å². The van der Waals surface area contributed by atoms with Crippen molar-refractivity contribution in [1.29, 1.82) is 0 Å². The van der Waals surface area contributed by atoms with Crippen LogP contribution in [0.5, 0.6) is 5.75 Å². The summed E-state index contributed by atoms with van der Waals surface area (Å²) in [6.45, 7) is 0.727. The van der Waals surface area contributed by atoms with Gasteiger partial charge in [0.2, 0.25) is 0 Å². The van der Waals surface area contributed by atoms with Gasteiger partial charge in [0.05, 0.1) is 13.2 Å². The summed E-state index contributed by atoms with van der Waals surface area (Å²) >= 11 is 3.39. The van der Waals surface area contributed by atoms with Crippen molar-refractivity contribution >= 4 is 15.9 Å². The van der Waals surface area contributed by atoms with Gasteiger partial charge in [-0.15, -0.1) is 0 Å². The number of rotatable bonds is 0. The highest BCUT2D eigenvalue weighted by atomic mass is 79.9. The number of hydrogen-bond donors (Lipinski definition) is 0. The van der Waals surface area contributed by atoms with Crippen LogP contribution in [0.25, 0.3) is 0 Å². The van der Waals surface area contributed by atoms with Gasteiger partial charge in [-0.1, -0.05) is 22.0 Å². The first kappa shape index (κ1) is 10.5. The fraction of sp³-hybridized carbons (Fsp3) is 0.500. The van der Waals surface area contributed by atoms with Gasteiger partial charge in [-0.25, -0.2) is 4.39 Å². The predicted octanol–water partition coefficient (Wildman–Crippen LogP) is 2.88. The maximum absolute atomic E-state index is 13.9. The molecular formula is C12H12BrFO2. The van der Waals surface area contributed by atoms with E-state index in [1.165, 1.54) is 0 Å². The zero-order valence-corrected chi connectivity index (χ0v) is 10.3. The summed E-state index contributed by atoms with van der Waals surface area (Å²) in [4.78, 5) is 0. The Morgan fingerprint density at radius 3 is 3.12 bits per heavy atom. The molecule has 0 aliphatic carbocycles. The Bertz CT molecular complexity index is 423. The second kappa shape index (κ2) is 3.70. The molecule has 2 nitrogen and oxygen atoms in total.